The van der Waals surface area contributed by atoms with Gasteiger partial charge in [0, 0.05) is 17.3 Å². The second-order valence-corrected chi connectivity index (χ2v) is 4.71. The molecule has 4 nitrogen and oxygen atoms in total. The van der Waals surface area contributed by atoms with E-state index in [1.807, 2.05) is 0 Å². The van der Waals surface area contributed by atoms with Crippen LogP contribution in [0.25, 0.3) is 0 Å². The van der Waals surface area contributed by atoms with Crippen molar-refractivity contribution in [3.05, 3.63) is 46.2 Å². The van der Waals surface area contributed by atoms with Crippen molar-refractivity contribution in [2.45, 2.75) is 12.1 Å². The quantitative estimate of drug-likeness (QED) is 0.797. The number of carbonyl (C=O) groups excluding carboxylic acids is 1. The third-order valence-electron chi connectivity index (χ3n) is 2.62. The van der Waals surface area contributed by atoms with Gasteiger partial charge in [-0.05, 0) is 17.7 Å². The summed E-state index contributed by atoms with van der Waals surface area (Å²) in [6.07, 6.45) is -1.60. The van der Waals surface area contributed by atoms with Crippen LogP contribution >= 0.6 is 11.3 Å². The van der Waals surface area contributed by atoms with Crippen molar-refractivity contribution in [2.24, 2.45) is 0 Å². The number of hydrogen-bond donors (Lipinski definition) is 0. The number of halogens is 3. The minimum absolute atomic E-state index is 0.0190. The molecule has 0 bridgehead atoms. The highest BCUT2D eigenvalue weighted by molar-refractivity contribution is 7.09. The Hall–Kier alpha value is -1.96. The molecule has 0 radical (unpaired) electrons. The van der Waals surface area contributed by atoms with Crippen molar-refractivity contribution in [1.29, 1.82) is 0 Å². The molecule has 106 valence electrons. The van der Waals surface area contributed by atoms with Gasteiger partial charge in [0.2, 0.25) is 0 Å². The molecule has 0 aromatic carbocycles. The summed E-state index contributed by atoms with van der Waals surface area (Å²) in [6.45, 7) is 0.0290. The van der Waals surface area contributed by atoms with Crippen LogP contribution in [0.15, 0.2) is 30.0 Å². The number of alkyl halides is 3. The highest BCUT2D eigenvalue weighted by Gasteiger charge is 2.38. The standard InChI is InChI=1S/C12H9F3N2O2S/c13-12(14,15)11-10(20-6-17-11)9(5-19-7-18)8-1-3-16-4-2-8/h1-4,6-7,9H,5H2. The summed E-state index contributed by atoms with van der Waals surface area (Å²) < 4.78 is 43.4. The van der Waals surface area contributed by atoms with Gasteiger partial charge in [0.15, 0.2) is 5.69 Å². The molecule has 20 heavy (non-hydrogen) atoms. The molecule has 0 aliphatic heterocycles. The average molecular weight is 302 g/mol. The second kappa shape index (κ2) is 6.00. The van der Waals surface area contributed by atoms with Gasteiger partial charge in [-0.3, -0.25) is 9.78 Å². The molecule has 0 aliphatic carbocycles. The van der Waals surface area contributed by atoms with Crippen molar-refractivity contribution < 1.29 is 22.7 Å². The minimum atomic E-state index is -4.54. The Bertz CT molecular complexity index is 572. The van der Waals surface area contributed by atoms with Gasteiger partial charge in [0.05, 0.1) is 11.4 Å². The third-order valence-corrected chi connectivity index (χ3v) is 3.56. The van der Waals surface area contributed by atoms with E-state index in [1.54, 1.807) is 12.1 Å². The molecule has 0 spiro atoms. The summed E-state index contributed by atoms with van der Waals surface area (Å²) in [7, 11) is 0. The van der Waals surface area contributed by atoms with Gasteiger partial charge in [-0.1, -0.05) is 0 Å². The van der Waals surface area contributed by atoms with Crippen molar-refractivity contribution in [3.63, 3.8) is 0 Å². The molecule has 1 unspecified atom stereocenters. The summed E-state index contributed by atoms with van der Waals surface area (Å²) in [4.78, 5) is 17.5. The number of thiazole rings is 1. The van der Waals surface area contributed by atoms with Crippen molar-refractivity contribution >= 4 is 17.8 Å². The van der Waals surface area contributed by atoms with E-state index in [0.29, 0.717) is 5.56 Å². The minimum Gasteiger partial charge on any atom is -0.467 e. The predicted octanol–water partition coefficient (Wildman–Crippen LogP) is 2.86. The zero-order valence-corrected chi connectivity index (χ0v) is 10.8. The molecule has 0 saturated carbocycles. The Labute approximate surface area is 116 Å². The van der Waals surface area contributed by atoms with E-state index < -0.39 is 17.8 Å². The molecular formula is C12H9F3N2O2S. The molecule has 0 amide bonds. The van der Waals surface area contributed by atoms with Gasteiger partial charge in [0.25, 0.3) is 6.47 Å². The van der Waals surface area contributed by atoms with E-state index >= 15 is 0 Å². The lowest BCUT2D eigenvalue weighted by molar-refractivity contribution is -0.141. The van der Waals surface area contributed by atoms with E-state index in [2.05, 4.69) is 14.7 Å². The first-order chi connectivity index (χ1) is 9.54. The Morgan fingerprint density at radius 2 is 2.05 bits per heavy atom. The number of hydrogen-bond acceptors (Lipinski definition) is 5. The molecule has 1 atom stereocenters. The lowest BCUT2D eigenvalue weighted by Gasteiger charge is -2.16. The van der Waals surface area contributed by atoms with Crippen LogP contribution in [0.3, 0.4) is 0 Å². The molecule has 0 fully saturated rings. The third kappa shape index (κ3) is 3.13. The maximum absolute atomic E-state index is 12.9. The lowest BCUT2D eigenvalue weighted by Crippen LogP contribution is -2.15. The molecule has 8 heteroatoms. The maximum Gasteiger partial charge on any atom is 0.434 e. The molecule has 0 saturated heterocycles. The lowest BCUT2D eigenvalue weighted by atomic mass is 9.98. The van der Waals surface area contributed by atoms with Gasteiger partial charge in [-0.15, -0.1) is 11.3 Å². The highest BCUT2D eigenvalue weighted by Crippen LogP contribution is 2.38. The van der Waals surface area contributed by atoms with Gasteiger partial charge >= 0.3 is 6.18 Å². The summed E-state index contributed by atoms with van der Waals surface area (Å²) in [5, 5.41) is 0. The smallest absolute Gasteiger partial charge is 0.434 e. The van der Waals surface area contributed by atoms with Crippen molar-refractivity contribution in [3.8, 4) is 0 Å². The van der Waals surface area contributed by atoms with E-state index in [9.17, 15) is 18.0 Å². The van der Waals surface area contributed by atoms with Gasteiger partial charge in [-0.2, -0.15) is 13.2 Å². The molecule has 0 aliphatic rings. The van der Waals surface area contributed by atoms with Crippen LogP contribution in [0.1, 0.15) is 22.1 Å². The molecule has 0 N–H and O–H groups in total. The maximum atomic E-state index is 12.9. The van der Waals surface area contributed by atoms with E-state index in [-0.39, 0.29) is 18.0 Å². The van der Waals surface area contributed by atoms with Crippen LogP contribution in [0, 0.1) is 0 Å². The van der Waals surface area contributed by atoms with E-state index in [1.165, 1.54) is 12.4 Å². The monoisotopic (exact) mass is 302 g/mol. The number of rotatable bonds is 5. The van der Waals surface area contributed by atoms with Crippen molar-refractivity contribution in [2.75, 3.05) is 6.61 Å². The number of aromatic nitrogens is 2. The van der Waals surface area contributed by atoms with Crippen LogP contribution in [-0.2, 0) is 15.7 Å². The van der Waals surface area contributed by atoms with Crippen LogP contribution in [0.5, 0.6) is 0 Å². The Kier molecular flexibility index (Phi) is 4.33. The summed E-state index contributed by atoms with van der Waals surface area (Å²) >= 11 is 0.882. The summed E-state index contributed by atoms with van der Waals surface area (Å²) in [5.74, 6) is -0.715. The molecule has 2 rings (SSSR count). The van der Waals surface area contributed by atoms with Gasteiger partial charge in [-0.25, -0.2) is 4.98 Å². The number of pyridine rings is 1. The Morgan fingerprint density at radius 1 is 1.35 bits per heavy atom. The molecule has 2 heterocycles. The topological polar surface area (TPSA) is 52.1 Å². The van der Waals surface area contributed by atoms with E-state index in [0.717, 1.165) is 16.8 Å². The first-order valence-electron chi connectivity index (χ1n) is 5.49. The largest absolute Gasteiger partial charge is 0.467 e. The Balaban J connectivity index is 2.42. The van der Waals surface area contributed by atoms with Crippen molar-refractivity contribution in [1.82, 2.24) is 9.97 Å². The first kappa shape index (κ1) is 14.4. The molecule has 2 aromatic rings. The van der Waals surface area contributed by atoms with Gasteiger partial charge in [0.1, 0.15) is 6.61 Å². The average Bonchev–Trinajstić information content (AvgIpc) is 2.90. The SMILES string of the molecule is O=COCC(c1ccncc1)c1scnc1C(F)(F)F. The normalized spacial score (nSPS) is 12.9. The number of carbonyl (C=O) groups is 1. The fourth-order valence-electron chi connectivity index (χ4n) is 1.77. The van der Waals surface area contributed by atoms with Crippen LogP contribution < -0.4 is 0 Å². The highest BCUT2D eigenvalue weighted by atomic mass is 32.1. The van der Waals surface area contributed by atoms with Crippen LogP contribution in [0.2, 0.25) is 0 Å². The second-order valence-electron chi connectivity index (χ2n) is 3.83. The molecular weight excluding hydrogens is 293 g/mol. The fourth-order valence-corrected chi connectivity index (χ4v) is 2.69. The zero-order valence-electron chi connectivity index (χ0n) is 10.0. The summed E-state index contributed by atoms with van der Waals surface area (Å²) in [5.41, 5.74) is 0.767. The first-order valence-corrected chi connectivity index (χ1v) is 6.37. The van der Waals surface area contributed by atoms with E-state index in [4.69, 9.17) is 0 Å². The van der Waals surface area contributed by atoms with Crippen LogP contribution in [0.4, 0.5) is 13.2 Å². The van der Waals surface area contributed by atoms with Crippen LogP contribution in [-0.4, -0.2) is 23.0 Å². The number of ether oxygens (including phenoxy) is 1. The summed E-state index contributed by atoms with van der Waals surface area (Å²) in [6, 6.07) is 3.16. The predicted molar refractivity (Wildman–Crippen MR) is 65.2 cm³/mol. The zero-order chi connectivity index (χ0) is 14.6. The number of nitrogens with zero attached hydrogens (tertiary/aromatic N) is 2. The molecule has 2 aromatic heterocycles. The van der Waals surface area contributed by atoms with Gasteiger partial charge < -0.3 is 4.74 Å². The fraction of sp³-hybridized carbons (Fsp3) is 0.250. The Morgan fingerprint density at radius 3 is 2.65 bits per heavy atom.